The Balaban J connectivity index is 1.95. The van der Waals surface area contributed by atoms with Crippen molar-refractivity contribution in [3.8, 4) is 5.75 Å². The first-order valence-corrected chi connectivity index (χ1v) is 8.08. The molecular weight excluding hydrogens is 374 g/mol. The van der Waals surface area contributed by atoms with Crippen LogP contribution in [0.5, 0.6) is 5.75 Å². The average Bonchev–Trinajstić information content (AvgIpc) is 2.55. The van der Waals surface area contributed by atoms with Crippen LogP contribution in [0.15, 0.2) is 40.9 Å². The Kier molecular flexibility index (Phi) is 5.98. The van der Waals surface area contributed by atoms with Gasteiger partial charge in [-0.3, -0.25) is 4.79 Å². The Morgan fingerprint density at radius 2 is 1.88 bits per heavy atom. The van der Waals surface area contributed by atoms with E-state index in [1.165, 1.54) is 7.11 Å². The van der Waals surface area contributed by atoms with E-state index in [4.69, 9.17) is 9.47 Å². The topological polar surface area (TPSA) is 64.6 Å². The predicted octanol–water partition coefficient (Wildman–Crippen LogP) is 3.87. The maximum Gasteiger partial charge on any atom is 0.338 e. The number of carbonyl (C=O) groups excluding carboxylic acids is 2. The van der Waals surface area contributed by atoms with Gasteiger partial charge in [0.05, 0.1) is 18.4 Å². The van der Waals surface area contributed by atoms with Crippen molar-refractivity contribution in [3.05, 3.63) is 57.6 Å². The third-order valence-corrected chi connectivity index (χ3v) is 4.03. The summed E-state index contributed by atoms with van der Waals surface area (Å²) >= 11 is 3.38. The summed E-state index contributed by atoms with van der Waals surface area (Å²) in [6.07, 6.45) is 0. The van der Waals surface area contributed by atoms with Gasteiger partial charge in [0, 0.05) is 4.47 Å². The van der Waals surface area contributed by atoms with Crippen LogP contribution in [-0.4, -0.2) is 25.6 Å². The number of hydrogen-bond acceptors (Lipinski definition) is 4. The number of methoxy groups -OCH3 is 1. The van der Waals surface area contributed by atoms with Crippen molar-refractivity contribution in [2.24, 2.45) is 0 Å². The zero-order chi connectivity index (χ0) is 17.7. The molecule has 1 amide bonds. The number of amides is 1. The normalized spacial score (nSPS) is 10.2. The van der Waals surface area contributed by atoms with Gasteiger partial charge in [0.2, 0.25) is 0 Å². The summed E-state index contributed by atoms with van der Waals surface area (Å²) in [4.78, 5) is 24.0. The number of anilines is 1. The van der Waals surface area contributed by atoms with Gasteiger partial charge >= 0.3 is 5.97 Å². The van der Waals surface area contributed by atoms with Gasteiger partial charge in [0.15, 0.2) is 6.61 Å². The van der Waals surface area contributed by atoms with E-state index >= 15 is 0 Å². The molecule has 0 radical (unpaired) electrons. The quantitative estimate of drug-likeness (QED) is 0.785. The van der Waals surface area contributed by atoms with Crippen LogP contribution in [0.25, 0.3) is 0 Å². The number of benzene rings is 2. The highest BCUT2D eigenvalue weighted by Crippen LogP contribution is 2.23. The lowest BCUT2D eigenvalue weighted by atomic mass is 10.1. The molecular formula is C18H18BrNO4. The lowest BCUT2D eigenvalue weighted by molar-refractivity contribution is -0.119. The van der Waals surface area contributed by atoms with Gasteiger partial charge in [-0.2, -0.15) is 0 Å². The summed E-state index contributed by atoms with van der Waals surface area (Å²) in [5.41, 5.74) is 2.94. The second kappa shape index (κ2) is 7.97. The molecule has 2 aromatic carbocycles. The van der Waals surface area contributed by atoms with Crippen molar-refractivity contribution < 1.29 is 19.1 Å². The molecule has 24 heavy (non-hydrogen) atoms. The average molecular weight is 392 g/mol. The van der Waals surface area contributed by atoms with E-state index in [-0.39, 0.29) is 6.61 Å². The molecule has 6 heteroatoms. The van der Waals surface area contributed by atoms with E-state index in [2.05, 4.69) is 21.2 Å². The van der Waals surface area contributed by atoms with E-state index < -0.39 is 11.9 Å². The van der Waals surface area contributed by atoms with Crippen LogP contribution in [0.4, 0.5) is 5.69 Å². The fraction of sp³-hybridized carbons (Fsp3) is 0.222. The summed E-state index contributed by atoms with van der Waals surface area (Å²) in [5.74, 6) is -0.393. The first-order valence-electron chi connectivity index (χ1n) is 7.28. The molecule has 2 rings (SSSR count). The minimum Gasteiger partial charge on any atom is -0.496 e. The summed E-state index contributed by atoms with van der Waals surface area (Å²) in [6, 6.07) is 10.5. The first kappa shape index (κ1) is 18.0. The van der Waals surface area contributed by atoms with E-state index in [1.807, 2.05) is 26.0 Å². The summed E-state index contributed by atoms with van der Waals surface area (Å²) in [7, 11) is 1.53. The van der Waals surface area contributed by atoms with Crippen molar-refractivity contribution in [2.45, 2.75) is 13.8 Å². The Morgan fingerprint density at radius 3 is 2.54 bits per heavy atom. The van der Waals surface area contributed by atoms with E-state index in [1.54, 1.807) is 24.3 Å². The number of carbonyl (C=O) groups is 2. The number of aryl methyl sites for hydroxylation is 2. The van der Waals surface area contributed by atoms with Gasteiger partial charge in [0.25, 0.3) is 5.91 Å². The molecule has 0 saturated heterocycles. The van der Waals surface area contributed by atoms with Crippen LogP contribution in [0.2, 0.25) is 0 Å². The number of rotatable bonds is 5. The third-order valence-electron chi connectivity index (χ3n) is 3.38. The van der Waals surface area contributed by atoms with Crippen molar-refractivity contribution in [1.29, 1.82) is 0 Å². The van der Waals surface area contributed by atoms with Crippen LogP contribution in [0.3, 0.4) is 0 Å². The Hall–Kier alpha value is -2.34. The Labute approximate surface area is 149 Å². The number of ether oxygens (including phenoxy) is 2. The fourth-order valence-corrected chi connectivity index (χ4v) is 2.66. The Bertz CT molecular complexity index is 774. The molecule has 0 atom stereocenters. The molecule has 2 aromatic rings. The molecule has 0 aliphatic carbocycles. The van der Waals surface area contributed by atoms with Gasteiger partial charge in [0.1, 0.15) is 5.75 Å². The van der Waals surface area contributed by atoms with E-state index in [9.17, 15) is 9.59 Å². The van der Waals surface area contributed by atoms with Crippen LogP contribution in [0, 0.1) is 13.8 Å². The molecule has 126 valence electrons. The number of esters is 1. The molecule has 1 N–H and O–H groups in total. The Morgan fingerprint density at radius 1 is 1.12 bits per heavy atom. The van der Waals surface area contributed by atoms with Crippen molar-refractivity contribution in [2.75, 3.05) is 19.0 Å². The summed E-state index contributed by atoms with van der Waals surface area (Å²) < 4.78 is 11.0. The molecule has 5 nitrogen and oxygen atoms in total. The largest absolute Gasteiger partial charge is 0.496 e. The minimum absolute atomic E-state index is 0.335. The van der Waals surface area contributed by atoms with Crippen LogP contribution >= 0.6 is 15.9 Å². The standard InChI is InChI=1S/C18H18BrNO4/c1-11-4-7-15(14(19)8-11)20-17(21)10-24-18(22)13-6-5-12(2)16(9-13)23-3/h4-9H,10H2,1-3H3,(H,20,21). The number of nitrogens with one attached hydrogen (secondary N) is 1. The van der Waals surface area contributed by atoms with Gasteiger partial charge in [-0.15, -0.1) is 0 Å². The lowest BCUT2D eigenvalue weighted by Gasteiger charge is -2.10. The first-order chi connectivity index (χ1) is 11.4. The van der Waals surface area contributed by atoms with Gasteiger partial charge in [-0.25, -0.2) is 4.79 Å². The van der Waals surface area contributed by atoms with Crippen LogP contribution < -0.4 is 10.1 Å². The highest BCUT2D eigenvalue weighted by Gasteiger charge is 2.13. The number of hydrogen-bond donors (Lipinski definition) is 1. The van der Waals surface area contributed by atoms with Crippen molar-refractivity contribution in [1.82, 2.24) is 0 Å². The highest BCUT2D eigenvalue weighted by molar-refractivity contribution is 9.10. The molecule has 0 heterocycles. The molecule has 0 aromatic heterocycles. The van der Waals surface area contributed by atoms with Crippen molar-refractivity contribution >= 4 is 33.5 Å². The number of halogens is 1. The van der Waals surface area contributed by atoms with E-state index in [0.29, 0.717) is 17.0 Å². The predicted molar refractivity (Wildman–Crippen MR) is 95.5 cm³/mol. The van der Waals surface area contributed by atoms with E-state index in [0.717, 1.165) is 15.6 Å². The minimum atomic E-state index is -0.577. The molecule has 0 bridgehead atoms. The lowest BCUT2D eigenvalue weighted by Crippen LogP contribution is -2.21. The smallest absolute Gasteiger partial charge is 0.338 e. The van der Waals surface area contributed by atoms with Gasteiger partial charge in [-0.1, -0.05) is 12.1 Å². The van der Waals surface area contributed by atoms with Crippen LogP contribution in [0.1, 0.15) is 21.5 Å². The maximum absolute atomic E-state index is 12.0. The monoisotopic (exact) mass is 391 g/mol. The molecule has 0 fully saturated rings. The summed E-state index contributed by atoms with van der Waals surface area (Å²) in [6.45, 7) is 3.46. The molecule has 0 unspecified atom stereocenters. The summed E-state index contributed by atoms with van der Waals surface area (Å²) in [5, 5.41) is 2.69. The SMILES string of the molecule is COc1cc(C(=O)OCC(=O)Nc2ccc(C)cc2Br)ccc1C. The van der Waals surface area contributed by atoms with Crippen LogP contribution in [-0.2, 0) is 9.53 Å². The zero-order valence-corrected chi connectivity index (χ0v) is 15.3. The van der Waals surface area contributed by atoms with Crippen molar-refractivity contribution in [3.63, 3.8) is 0 Å². The zero-order valence-electron chi connectivity index (χ0n) is 13.7. The third kappa shape index (κ3) is 4.58. The van der Waals surface area contributed by atoms with Gasteiger partial charge < -0.3 is 14.8 Å². The molecule has 0 saturated carbocycles. The van der Waals surface area contributed by atoms with Gasteiger partial charge in [-0.05, 0) is 65.2 Å². The maximum atomic E-state index is 12.0. The fourth-order valence-electron chi connectivity index (χ4n) is 2.07. The highest BCUT2D eigenvalue weighted by atomic mass is 79.9. The molecule has 0 aliphatic heterocycles. The second-order valence-electron chi connectivity index (χ2n) is 5.29. The molecule has 0 spiro atoms. The molecule has 0 aliphatic rings. The second-order valence-corrected chi connectivity index (χ2v) is 6.15.